The quantitative estimate of drug-likeness (QED) is 0.375. The van der Waals surface area contributed by atoms with Gasteiger partial charge in [-0.3, -0.25) is 9.59 Å². The molecule has 0 radical (unpaired) electrons. The second kappa shape index (κ2) is 9.01. The first-order valence-corrected chi connectivity index (χ1v) is 10.7. The van der Waals surface area contributed by atoms with Crippen LogP contribution < -0.4 is 4.74 Å². The molecule has 2 aromatic carbocycles. The van der Waals surface area contributed by atoms with Crippen LogP contribution in [0.1, 0.15) is 67.5 Å². The van der Waals surface area contributed by atoms with Crippen molar-refractivity contribution in [1.29, 1.82) is 0 Å². The van der Waals surface area contributed by atoms with E-state index in [0.29, 0.717) is 28.4 Å². The maximum atomic E-state index is 12.3. The molecule has 0 atom stereocenters. The predicted octanol–water partition coefficient (Wildman–Crippen LogP) is 3.40. The fourth-order valence-corrected chi connectivity index (χ4v) is 4.10. The van der Waals surface area contributed by atoms with E-state index < -0.39 is 23.8 Å². The van der Waals surface area contributed by atoms with Crippen molar-refractivity contribution in [2.45, 2.75) is 39.7 Å². The molecule has 2 aliphatic rings. The number of aromatic hydroxyl groups is 1. The third-order valence-electron chi connectivity index (χ3n) is 5.98. The smallest absolute Gasteiger partial charge is 0.342 e. The molecule has 0 aromatic heterocycles. The number of imide groups is 1. The standard InChI is InChI=1S/C25H23NO8/c1-13(8-10-17-21(28)20-18(12-33-25(20)31)14(2)22(17)32-3)9-11-19(27)34-26-23(29)15-6-4-5-7-16(15)24(26)30/h4-8,28H,9-12H2,1-3H3/b13-8+. The van der Waals surface area contributed by atoms with E-state index in [1.807, 2.05) is 0 Å². The average molecular weight is 465 g/mol. The number of rotatable bonds is 7. The highest BCUT2D eigenvalue weighted by atomic mass is 16.7. The number of allylic oxidation sites excluding steroid dienone is 2. The highest BCUT2D eigenvalue weighted by molar-refractivity contribution is 6.20. The lowest BCUT2D eigenvalue weighted by atomic mass is 9.94. The van der Waals surface area contributed by atoms with Crippen LogP contribution in [0, 0.1) is 6.92 Å². The first-order valence-electron chi connectivity index (χ1n) is 10.7. The molecule has 9 nitrogen and oxygen atoms in total. The molecular weight excluding hydrogens is 442 g/mol. The molecule has 0 saturated carbocycles. The van der Waals surface area contributed by atoms with E-state index in [9.17, 15) is 24.3 Å². The molecule has 0 fully saturated rings. The third-order valence-corrected chi connectivity index (χ3v) is 5.98. The van der Waals surface area contributed by atoms with Crippen molar-refractivity contribution in [3.05, 3.63) is 69.3 Å². The van der Waals surface area contributed by atoms with E-state index in [-0.39, 0.29) is 41.9 Å². The molecule has 34 heavy (non-hydrogen) atoms. The second-order valence-electron chi connectivity index (χ2n) is 8.08. The van der Waals surface area contributed by atoms with Crippen molar-refractivity contribution in [2.24, 2.45) is 0 Å². The Hall–Kier alpha value is -4.14. The zero-order valence-electron chi connectivity index (χ0n) is 19.0. The minimum atomic E-state index is -0.723. The van der Waals surface area contributed by atoms with E-state index in [1.165, 1.54) is 19.2 Å². The number of fused-ring (bicyclic) bond motifs is 2. The lowest BCUT2D eigenvalue weighted by Gasteiger charge is -2.16. The number of benzene rings is 2. The summed E-state index contributed by atoms with van der Waals surface area (Å²) in [6.07, 6.45) is 2.31. The summed E-state index contributed by atoms with van der Waals surface area (Å²) < 4.78 is 10.5. The molecule has 0 saturated heterocycles. The highest BCUT2D eigenvalue weighted by Gasteiger charge is 2.38. The number of cyclic esters (lactones) is 1. The molecule has 1 N–H and O–H groups in total. The maximum absolute atomic E-state index is 12.3. The Morgan fingerprint density at radius 2 is 1.79 bits per heavy atom. The van der Waals surface area contributed by atoms with Gasteiger partial charge < -0.3 is 19.4 Å². The monoisotopic (exact) mass is 465 g/mol. The average Bonchev–Trinajstić information content (AvgIpc) is 3.33. The van der Waals surface area contributed by atoms with E-state index in [0.717, 1.165) is 11.1 Å². The molecular formula is C25H23NO8. The molecule has 2 amide bonds. The van der Waals surface area contributed by atoms with Crippen LogP contribution in [-0.4, -0.2) is 41.0 Å². The van der Waals surface area contributed by atoms with Crippen LogP contribution in [0.2, 0.25) is 0 Å². The molecule has 0 bridgehead atoms. The lowest BCUT2D eigenvalue weighted by molar-refractivity contribution is -0.168. The van der Waals surface area contributed by atoms with Gasteiger partial charge in [-0.15, -0.1) is 0 Å². The number of hydrogen-bond acceptors (Lipinski definition) is 8. The summed E-state index contributed by atoms with van der Waals surface area (Å²) in [5.41, 5.74) is 3.14. The Morgan fingerprint density at radius 3 is 2.41 bits per heavy atom. The molecule has 2 aromatic rings. The minimum Gasteiger partial charge on any atom is -0.507 e. The number of hydroxylamine groups is 2. The molecule has 2 aliphatic heterocycles. The van der Waals surface area contributed by atoms with Gasteiger partial charge in [0, 0.05) is 11.1 Å². The number of nitrogens with zero attached hydrogens (tertiary/aromatic N) is 1. The van der Waals surface area contributed by atoms with Crippen LogP contribution in [-0.2, 0) is 27.4 Å². The summed E-state index contributed by atoms with van der Waals surface area (Å²) in [5.74, 6) is -2.34. The summed E-state index contributed by atoms with van der Waals surface area (Å²) >= 11 is 0. The molecule has 9 heteroatoms. The van der Waals surface area contributed by atoms with Crippen molar-refractivity contribution in [3.8, 4) is 11.5 Å². The van der Waals surface area contributed by atoms with Crippen molar-refractivity contribution >= 4 is 23.8 Å². The van der Waals surface area contributed by atoms with Gasteiger partial charge >= 0.3 is 11.9 Å². The topological polar surface area (TPSA) is 119 Å². The Kier molecular flexibility index (Phi) is 6.10. The zero-order valence-corrected chi connectivity index (χ0v) is 19.0. The second-order valence-corrected chi connectivity index (χ2v) is 8.08. The van der Waals surface area contributed by atoms with Crippen LogP contribution in [0.5, 0.6) is 11.5 Å². The zero-order chi connectivity index (χ0) is 24.6. The van der Waals surface area contributed by atoms with Crippen LogP contribution in [0.4, 0.5) is 0 Å². The van der Waals surface area contributed by atoms with Crippen molar-refractivity contribution in [3.63, 3.8) is 0 Å². The Bertz CT molecular complexity index is 1230. The van der Waals surface area contributed by atoms with Crippen molar-refractivity contribution < 1.29 is 38.6 Å². The minimum absolute atomic E-state index is 0.0611. The van der Waals surface area contributed by atoms with Gasteiger partial charge in [0.2, 0.25) is 0 Å². The van der Waals surface area contributed by atoms with Gasteiger partial charge in [-0.2, -0.15) is 0 Å². The van der Waals surface area contributed by atoms with Crippen LogP contribution in [0.15, 0.2) is 35.9 Å². The molecule has 0 spiro atoms. The summed E-state index contributed by atoms with van der Waals surface area (Å²) in [7, 11) is 1.49. The molecule has 0 unspecified atom stereocenters. The Morgan fingerprint density at radius 1 is 1.15 bits per heavy atom. The maximum Gasteiger partial charge on any atom is 0.342 e. The first kappa shape index (κ1) is 23.0. The molecule has 4 rings (SSSR count). The van der Waals surface area contributed by atoms with Gasteiger partial charge in [-0.25, -0.2) is 9.59 Å². The van der Waals surface area contributed by atoms with Crippen molar-refractivity contribution in [1.82, 2.24) is 5.06 Å². The number of phenols is 1. The lowest BCUT2D eigenvalue weighted by Crippen LogP contribution is -2.32. The molecule has 0 aliphatic carbocycles. The van der Waals surface area contributed by atoms with Gasteiger partial charge in [0.25, 0.3) is 11.8 Å². The summed E-state index contributed by atoms with van der Waals surface area (Å²) in [6, 6.07) is 6.25. The summed E-state index contributed by atoms with van der Waals surface area (Å²) in [6.45, 7) is 3.69. The summed E-state index contributed by atoms with van der Waals surface area (Å²) in [4.78, 5) is 53.9. The number of phenolic OH excluding ortho intramolecular Hbond substituents is 1. The Balaban J connectivity index is 1.41. The number of amides is 2. The van der Waals surface area contributed by atoms with E-state index in [4.69, 9.17) is 14.3 Å². The van der Waals surface area contributed by atoms with Gasteiger partial charge in [-0.1, -0.05) is 28.8 Å². The van der Waals surface area contributed by atoms with Crippen molar-refractivity contribution in [2.75, 3.05) is 7.11 Å². The van der Waals surface area contributed by atoms with E-state index in [1.54, 1.807) is 32.1 Å². The van der Waals surface area contributed by atoms with Gasteiger partial charge in [0.05, 0.1) is 24.7 Å². The van der Waals surface area contributed by atoms with Crippen LogP contribution >= 0.6 is 0 Å². The summed E-state index contributed by atoms with van der Waals surface area (Å²) in [5, 5.41) is 11.2. The fourth-order valence-electron chi connectivity index (χ4n) is 4.10. The number of esters is 1. The molecule has 176 valence electrons. The van der Waals surface area contributed by atoms with Crippen LogP contribution in [0.3, 0.4) is 0 Å². The van der Waals surface area contributed by atoms with Gasteiger partial charge in [0.15, 0.2) is 0 Å². The fraction of sp³-hybridized carbons (Fsp3) is 0.280. The SMILES string of the molecule is COc1c(C)c2c(c(O)c1C/C=C(\C)CCC(=O)ON1C(=O)c3ccccc3C1=O)C(=O)OC2. The number of carbonyl (C=O) groups is 4. The number of methoxy groups -OCH3 is 1. The van der Waals surface area contributed by atoms with Gasteiger partial charge in [-0.05, 0) is 44.4 Å². The number of ether oxygens (including phenoxy) is 2. The van der Waals surface area contributed by atoms with Gasteiger partial charge in [0.1, 0.15) is 23.7 Å². The number of carbonyl (C=O) groups excluding carboxylic acids is 4. The normalized spacial score (nSPS) is 14.7. The Labute approximate surface area is 195 Å². The van der Waals surface area contributed by atoms with E-state index >= 15 is 0 Å². The van der Waals surface area contributed by atoms with E-state index in [2.05, 4.69) is 0 Å². The number of hydrogen-bond donors (Lipinski definition) is 1. The van der Waals surface area contributed by atoms with Crippen LogP contribution in [0.25, 0.3) is 0 Å². The first-order chi connectivity index (χ1) is 16.2. The third kappa shape index (κ3) is 3.89. The highest BCUT2D eigenvalue weighted by Crippen LogP contribution is 2.42. The largest absolute Gasteiger partial charge is 0.507 e. The molecule has 2 heterocycles. The predicted molar refractivity (Wildman–Crippen MR) is 118 cm³/mol.